The molecule has 0 aliphatic heterocycles. The first-order valence-electron chi connectivity index (χ1n) is 6.08. The molecular weight excluding hydrogens is 244 g/mol. The number of benzene rings is 1. The van der Waals surface area contributed by atoms with Gasteiger partial charge >= 0.3 is 0 Å². The number of halogens is 1. The summed E-state index contributed by atoms with van der Waals surface area (Å²) in [6.07, 6.45) is 3.56. The Morgan fingerprint density at radius 2 is 2.22 bits per heavy atom. The number of aromatic nitrogens is 2. The van der Waals surface area contributed by atoms with Crippen molar-refractivity contribution in [3.05, 3.63) is 41.4 Å². The molecule has 0 saturated heterocycles. The molecular formula is C13H17BClN3. The number of nitrogens with zero attached hydrogens (tertiary/aromatic N) is 2. The predicted octanol–water partition coefficient (Wildman–Crippen LogP) is 1.74. The minimum atomic E-state index is 0.395. The molecule has 0 saturated carbocycles. The highest BCUT2D eigenvalue weighted by Gasteiger charge is 2.12. The molecule has 0 bridgehead atoms. The van der Waals surface area contributed by atoms with Crippen molar-refractivity contribution in [3.8, 4) is 0 Å². The number of H-pyrrole nitrogens is 1. The Bertz CT molecular complexity index is 511. The maximum Gasteiger partial charge on any atom is 0.141 e. The van der Waals surface area contributed by atoms with Crippen LogP contribution < -0.4 is 10.4 Å². The van der Waals surface area contributed by atoms with Crippen LogP contribution in [0.1, 0.15) is 19.5 Å². The molecule has 1 aromatic carbocycles. The summed E-state index contributed by atoms with van der Waals surface area (Å²) in [5.74, 6) is 0. The maximum atomic E-state index is 6.20. The molecule has 2 aromatic rings. The van der Waals surface area contributed by atoms with E-state index in [-0.39, 0.29) is 0 Å². The second kappa shape index (κ2) is 5.48. The normalized spacial score (nSPS) is 10.9. The zero-order valence-corrected chi connectivity index (χ0v) is 11.7. The first-order chi connectivity index (χ1) is 8.58. The smallest absolute Gasteiger partial charge is 0.141 e. The molecule has 5 heteroatoms. The third-order valence-electron chi connectivity index (χ3n) is 3.01. The SMILES string of the molecule is Bc1ccc(N(Cc2cnc[nH]2)C(C)C)cc1Cl. The molecule has 0 radical (unpaired) electrons. The van der Waals surface area contributed by atoms with Crippen LogP contribution in [0.3, 0.4) is 0 Å². The van der Waals surface area contributed by atoms with Gasteiger partial charge < -0.3 is 9.88 Å². The molecule has 0 aliphatic carbocycles. The fraction of sp³-hybridized carbons (Fsp3) is 0.308. The van der Waals surface area contributed by atoms with Gasteiger partial charge in [0.2, 0.25) is 0 Å². The third-order valence-corrected chi connectivity index (χ3v) is 3.41. The molecule has 0 amide bonds. The van der Waals surface area contributed by atoms with Crippen LogP contribution in [0.25, 0.3) is 0 Å². The van der Waals surface area contributed by atoms with E-state index in [1.807, 2.05) is 20.1 Å². The van der Waals surface area contributed by atoms with Crippen LogP contribution in [0, 0.1) is 0 Å². The Hall–Kier alpha value is -1.42. The summed E-state index contributed by atoms with van der Waals surface area (Å²) < 4.78 is 0. The zero-order valence-electron chi connectivity index (χ0n) is 10.9. The third kappa shape index (κ3) is 2.88. The summed E-state index contributed by atoms with van der Waals surface area (Å²) in [6.45, 7) is 5.14. The summed E-state index contributed by atoms with van der Waals surface area (Å²) >= 11 is 6.20. The lowest BCUT2D eigenvalue weighted by molar-refractivity contribution is 0.675. The summed E-state index contributed by atoms with van der Waals surface area (Å²) in [6, 6.07) is 6.58. The van der Waals surface area contributed by atoms with Crippen molar-refractivity contribution in [2.45, 2.75) is 26.4 Å². The number of nitrogens with one attached hydrogen (secondary N) is 1. The quantitative estimate of drug-likeness (QED) is 0.850. The van der Waals surface area contributed by atoms with Crippen LogP contribution in [0.5, 0.6) is 0 Å². The van der Waals surface area contributed by atoms with E-state index in [4.69, 9.17) is 11.6 Å². The van der Waals surface area contributed by atoms with E-state index in [1.54, 1.807) is 6.33 Å². The van der Waals surface area contributed by atoms with E-state index in [2.05, 4.69) is 40.8 Å². The Balaban J connectivity index is 2.26. The average molecular weight is 262 g/mol. The summed E-state index contributed by atoms with van der Waals surface area (Å²) in [5, 5.41) is 0.808. The number of imidazole rings is 1. The van der Waals surface area contributed by atoms with Gasteiger partial charge in [-0.15, -0.1) is 0 Å². The van der Waals surface area contributed by atoms with Gasteiger partial charge in [0.15, 0.2) is 0 Å². The monoisotopic (exact) mass is 261 g/mol. The molecule has 0 aliphatic rings. The summed E-state index contributed by atoms with van der Waals surface area (Å²) in [7, 11) is 2.01. The molecule has 0 spiro atoms. The fourth-order valence-electron chi connectivity index (χ4n) is 1.89. The van der Waals surface area contributed by atoms with Crippen LogP contribution >= 0.6 is 11.6 Å². The van der Waals surface area contributed by atoms with E-state index >= 15 is 0 Å². The number of aromatic amines is 1. The van der Waals surface area contributed by atoms with E-state index in [9.17, 15) is 0 Å². The number of rotatable bonds is 4. The molecule has 94 valence electrons. The van der Waals surface area contributed by atoms with Gasteiger partial charge in [0, 0.05) is 22.9 Å². The number of hydrogen-bond donors (Lipinski definition) is 1. The maximum absolute atomic E-state index is 6.20. The van der Waals surface area contributed by atoms with Gasteiger partial charge in [-0.1, -0.05) is 23.1 Å². The lowest BCUT2D eigenvalue weighted by atomic mass is 9.96. The standard InChI is InChI=1S/C13H17BClN3/c1-9(2)18(7-10-6-16-8-17-10)11-3-4-12(14)13(15)5-11/h3-6,8-9H,7,14H2,1-2H3,(H,16,17). The molecule has 0 atom stereocenters. The van der Waals surface area contributed by atoms with E-state index in [0.717, 1.165) is 28.4 Å². The minimum Gasteiger partial charge on any atom is -0.363 e. The summed E-state index contributed by atoms with van der Waals surface area (Å²) in [4.78, 5) is 9.47. The lowest BCUT2D eigenvalue weighted by Gasteiger charge is -2.29. The van der Waals surface area contributed by atoms with Crippen molar-refractivity contribution in [3.63, 3.8) is 0 Å². The van der Waals surface area contributed by atoms with Crippen LogP contribution in [-0.4, -0.2) is 23.9 Å². The lowest BCUT2D eigenvalue weighted by Crippen LogP contribution is -2.30. The van der Waals surface area contributed by atoms with Gasteiger partial charge in [-0.2, -0.15) is 0 Å². The van der Waals surface area contributed by atoms with Crippen LogP contribution in [0.2, 0.25) is 5.02 Å². The van der Waals surface area contributed by atoms with Crippen molar-refractivity contribution in [1.29, 1.82) is 0 Å². The van der Waals surface area contributed by atoms with E-state index < -0.39 is 0 Å². The predicted molar refractivity (Wildman–Crippen MR) is 79.5 cm³/mol. The van der Waals surface area contributed by atoms with Crippen LogP contribution in [0.4, 0.5) is 5.69 Å². The molecule has 2 rings (SSSR count). The Labute approximate surface area is 114 Å². The highest BCUT2D eigenvalue weighted by atomic mass is 35.5. The molecule has 0 unspecified atom stereocenters. The van der Waals surface area contributed by atoms with Gasteiger partial charge in [-0.25, -0.2) is 4.98 Å². The van der Waals surface area contributed by atoms with Crippen molar-refractivity contribution in [2.75, 3.05) is 4.90 Å². The highest BCUT2D eigenvalue weighted by Crippen LogP contribution is 2.21. The molecule has 1 aromatic heterocycles. The van der Waals surface area contributed by atoms with Crippen molar-refractivity contribution >= 4 is 30.6 Å². The zero-order chi connectivity index (χ0) is 13.1. The van der Waals surface area contributed by atoms with E-state index in [0.29, 0.717) is 6.04 Å². The first kappa shape index (κ1) is 13.0. The first-order valence-corrected chi connectivity index (χ1v) is 6.46. The number of hydrogen-bond acceptors (Lipinski definition) is 2. The summed E-state index contributed by atoms with van der Waals surface area (Å²) in [5.41, 5.74) is 3.33. The highest BCUT2D eigenvalue weighted by molar-refractivity contribution is 6.45. The van der Waals surface area contributed by atoms with Crippen LogP contribution in [0.15, 0.2) is 30.7 Å². The molecule has 3 nitrogen and oxygen atoms in total. The topological polar surface area (TPSA) is 31.9 Å². The average Bonchev–Trinajstić information content (AvgIpc) is 2.82. The van der Waals surface area contributed by atoms with E-state index in [1.165, 1.54) is 0 Å². The van der Waals surface area contributed by atoms with Crippen molar-refractivity contribution in [2.24, 2.45) is 0 Å². The Morgan fingerprint density at radius 1 is 1.44 bits per heavy atom. The second-order valence-electron chi connectivity index (χ2n) is 4.73. The Morgan fingerprint density at radius 3 is 2.78 bits per heavy atom. The van der Waals surface area contributed by atoms with Gasteiger partial charge in [-0.3, -0.25) is 0 Å². The van der Waals surface area contributed by atoms with Crippen LogP contribution in [-0.2, 0) is 6.54 Å². The van der Waals surface area contributed by atoms with Gasteiger partial charge in [0.25, 0.3) is 0 Å². The fourth-order valence-corrected chi connectivity index (χ4v) is 2.06. The van der Waals surface area contributed by atoms with Crippen molar-refractivity contribution < 1.29 is 0 Å². The number of anilines is 1. The molecule has 1 N–H and O–H groups in total. The molecule has 0 fully saturated rings. The molecule has 1 heterocycles. The van der Waals surface area contributed by atoms with Crippen molar-refractivity contribution in [1.82, 2.24) is 9.97 Å². The Kier molecular flexibility index (Phi) is 3.97. The largest absolute Gasteiger partial charge is 0.363 e. The molecule has 18 heavy (non-hydrogen) atoms. The minimum absolute atomic E-state index is 0.395. The second-order valence-corrected chi connectivity index (χ2v) is 5.14. The van der Waals surface area contributed by atoms with Gasteiger partial charge in [0.05, 0.1) is 18.6 Å². The van der Waals surface area contributed by atoms with Gasteiger partial charge in [-0.05, 0) is 26.0 Å². The van der Waals surface area contributed by atoms with Gasteiger partial charge in [0.1, 0.15) is 7.85 Å².